The minimum atomic E-state index is -0.363. The Kier molecular flexibility index (Phi) is 6.99. The fourth-order valence-corrected chi connectivity index (χ4v) is 3.20. The molecule has 0 saturated carbocycles. The molecule has 4 rings (SSSR count). The van der Waals surface area contributed by atoms with Crippen molar-refractivity contribution in [3.05, 3.63) is 95.6 Å². The van der Waals surface area contributed by atoms with E-state index >= 15 is 0 Å². The minimum Gasteiger partial charge on any atom is -0.487 e. The quantitative estimate of drug-likeness (QED) is 0.266. The molecular weight excluding hydrogens is 418 g/mol. The molecule has 0 atom stereocenters. The SMILES string of the molecule is CCOC(=O)C=Cc1cnn(Cc2ccc(OCc3nc(-c4ccccc4)oc3C)cc2)c1. The molecule has 2 aromatic carbocycles. The number of hydrogen-bond donors (Lipinski definition) is 0. The average Bonchev–Trinajstić information content (AvgIpc) is 3.44. The number of benzene rings is 2. The molecule has 7 heteroatoms. The molecule has 0 radical (unpaired) electrons. The van der Waals surface area contributed by atoms with Crippen molar-refractivity contribution in [3.63, 3.8) is 0 Å². The van der Waals surface area contributed by atoms with Gasteiger partial charge >= 0.3 is 5.97 Å². The molecule has 0 aliphatic heterocycles. The summed E-state index contributed by atoms with van der Waals surface area (Å²) in [7, 11) is 0. The van der Waals surface area contributed by atoms with Gasteiger partial charge in [0.05, 0.1) is 19.3 Å². The van der Waals surface area contributed by atoms with Gasteiger partial charge in [0.1, 0.15) is 23.8 Å². The van der Waals surface area contributed by atoms with E-state index in [4.69, 9.17) is 13.9 Å². The van der Waals surface area contributed by atoms with E-state index in [0.29, 0.717) is 25.6 Å². The van der Waals surface area contributed by atoms with Gasteiger partial charge in [-0.25, -0.2) is 9.78 Å². The molecule has 2 heterocycles. The van der Waals surface area contributed by atoms with Crippen LogP contribution in [0.4, 0.5) is 0 Å². The number of esters is 1. The van der Waals surface area contributed by atoms with E-state index in [0.717, 1.165) is 33.9 Å². The van der Waals surface area contributed by atoms with Gasteiger partial charge in [0.15, 0.2) is 0 Å². The molecule has 7 nitrogen and oxygen atoms in total. The Morgan fingerprint density at radius 3 is 2.67 bits per heavy atom. The second kappa shape index (κ2) is 10.5. The number of aryl methyl sites for hydroxylation is 1. The van der Waals surface area contributed by atoms with Gasteiger partial charge in [-0.2, -0.15) is 5.10 Å². The highest BCUT2D eigenvalue weighted by atomic mass is 16.5. The van der Waals surface area contributed by atoms with Crippen LogP contribution in [0.1, 0.15) is 29.5 Å². The highest BCUT2D eigenvalue weighted by Gasteiger charge is 2.12. The summed E-state index contributed by atoms with van der Waals surface area (Å²) in [5, 5.41) is 4.33. The monoisotopic (exact) mass is 443 g/mol. The van der Waals surface area contributed by atoms with E-state index in [1.54, 1.807) is 19.2 Å². The second-order valence-corrected chi connectivity index (χ2v) is 7.38. The fourth-order valence-electron chi connectivity index (χ4n) is 3.20. The molecule has 0 aliphatic rings. The third-order valence-electron chi connectivity index (χ3n) is 4.91. The molecule has 0 unspecified atom stereocenters. The molecule has 0 N–H and O–H groups in total. The highest BCUT2D eigenvalue weighted by Crippen LogP contribution is 2.23. The van der Waals surface area contributed by atoms with Crippen LogP contribution >= 0.6 is 0 Å². The Morgan fingerprint density at radius 1 is 1.12 bits per heavy atom. The molecule has 0 aliphatic carbocycles. The predicted octanol–water partition coefficient (Wildman–Crippen LogP) is 5.05. The lowest BCUT2D eigenvalue weighted by Crippen LogP contribution is -2.01. The van der Waals surface area contributed by atoms with Gasteiger partial charge in [-0.3, -0.25) is 4.68 Å². The van der Waals surface area contributed by atoms with Gasteiger partial charge in [-0.1, -0.05) is 30.3 Å². The first-order valence-corrected chi connectivity index (χ1v) is 10.7. The highest BCUT2D eigenvalue weighted by molar-refractivity contribution is 5.86. The molecular formula is C26H25N3O4. The summed E-state index contributed by atoms with van der Waals surface area (Å²) in [4.78, 5) is 16.0. The van der Waals surface area contributed by atoms with Gasteiger partial charge in [0.2, 0.25) is 5.89 Å². The molecule has 0 amide bonds. The summed E-state index contributed by atoms with van der Waals surface area (Å²) in [6, 6.07) is 17.6. The van der Waals surface area contributed by atoms with Crippen LogP contribution < -0.4 is 4.74 Å². The average molecular weight is 444 g/mol. The number of carbonyl (C=O) groups is 1. The standard InChI is InChI=1S/C26H25N3O4/c1-3-31-25(30)14-11-21-15-27-29(17-21)16-20-9-12-23(13-10-20)32-18-24-19(2)33-26(28-24)22-7-5-4-6-8-22/h4-15,17H,3,16,18H2,1-2H3. The first-order chi connectivity index (χ1) is 16.1. The van der Waals surface area contributed by atoms with Crippen LogP contribution in [0, 0.1) is 6.92 Å². The molecule has 168 valence electrons. The van der Waals surface area contributed by atoms with E-state index in [-0.39, 0.29) is 5.97 Å². The van der Waals surface area contributed by atoms with Gasteiger partial charge < -0.3 is 13.9 Å². The largest absolute Gasteiger partial charge is 0.487 e. The summed E-state index contributed by atoms with van der Waals surface area (Å²) < 4.78 is 18.4. The molecule has 2 aromatic heterocycles. The Balaban J connectivity index is 1.32. The van der Waals surface area contributed by atoms with Gasteiger partial charge in [0.25, 0.3) is 0 Å². The van der Waals surface area contributed by atoms with Gasteiger partial charge in [0, 0.05) is 23.4 Å². The van der Waals surface area contributed by atoms with Crippen molar-refractivity contribution in [2.24, 2.45) is 0 Å². The summed E-state index contributed by atoms with van der Waals surface area (Å²) in [5.41, 5.74) is 3.63. The number of ether oxygens (including phenoxy) is 2. The van der Waals surface area contributed by atoms with Crippen molar-refractivity contribution >= 4 is 12.0 Å². The predicted molar refractivity (Wildman–Crippen MR) is 124 cm³/mol. The zero-order valence-electron chi connectivity index (χ0n) is 18.6. The van der Waals surface area contributed by atoms with E-state index in [1.165, 1.54) is 6.08 Å². The molecule has 0 saturated heterocycles. The number of aromatic nitrogens is 3. The maximum absolute atomic E-state index is 11.4. The Labute approximate surface area is 192 Å². The minimum absolute atomic E-state index is 0.330. The maximum atomic E-state index is 11.4. The summed E-state index contributed by atoms with van der Waals surface area (Å²) in [6.45, 7) is 4.96. The first-order valence-electron chi connectivity index (χ1n) is 10.7. The fraction of sp³-hybridized carbons (Fsp3) is 0.192. The second-order valence-electron chi connectivity index (χ2n) is 7.38. The molecule has 4 aromatic rings. The van der Waals surface area contributed by atoms with E-state index in [9.17, 15) is 4.79 Å². The maximum Gasteiger partial charge on any atom is 0.330 e. The number of hydrogen-bond acceptors (Lipinski definition) is 6. The van der Waals surface area contributed by atoms with Crippen molar-refractivity contribution in [1.82, 2.24) is 14.8 Å². The van der Waals surface area contributed by atoms with Crippen LogP contribution in [0.25, 0.3) is 17.5 Å². The lowest BCUT2D eigenvalue weighted by molar-refractivity contribution is -0.137. The molecule has 33 heavy (non-hydrogen) atoms. The molecule has 0 spiro atoms. The number of carbonyl (C=O) groups excluding carboxylic acids is 1. The smallest absolute Gasteiger partial charge is 0.330 e. The summed E-state index contributed by atoms with van der Waals surface area (Å²) in [6.07, 6.45) is 6.67. The van der Waals surface area contributed by atoms with Gasteiger partial charge in [-0.05, 0) is 49.8 Å². The van der Waals surface area contributed by atoms with Crippen molar-refractivity contribution in [2.75, 3.05) is 6.61 Å². The van der Waals surface area contributed by atoms with Crippen molar-refractivity contribution < 1.29 is 18.7 Å². The van der Waals surface area contributed by atoms with Crippen LogP contribution in [0.15, 0.2) is 77.5 Å². The number of nitrogens with zero attached hydrogens (tertiary/aromatic N) is 3. The van der Waals surface area contributed by atoms with Crippen LogP contribution in [-0.2, 0) is 22.7 Å². The Morgan fingerprint density at radius 2 is 1.91 bits per heavy atom. The third kappa shape index (κ3) is 5.98. The van der Waals surface area contributed by atoms with Crippen molar-refractivity contribution in [2.45, 2.75) is 27.0 Å². The molecule has 0 bridgehead atoms. The lowest BCUT2D eigenvalue weighted by atomic mass is 10.2. The van der Waals surface area contributed by atoms with Crippen molar-refractivity contribution in [1.29, 1.82) is 0 Å². The zero-order valence-corrected chi connectivity index (χ0v) is 18.6. The van der Waals surface area contributed by atoms with Crippen LogP contribution in [0.2, 0.25) is 0 Å². The van der Waals surface area contributed by atoms with E-state index in [2.05, 4.69) is 10.1 Å². The van der Waals surface area contributed by atoms with Crippen LogP contribution in [0.5, 0.6) is 5.75 Å². The number of oxazole rings is 1. The summed E-state index contributed by atoms with van der Waals surface area (Å²) in [5.74, 6) is 1.73. The van der Waals surface area contributed by atoms with Crippen LogP contribution in [-0.4, -0.2) is 27.3 Å². The summed E-state index contributed by atoms with van der Waals surface area (Å²) >= 11 is 0. The first kappa shape index (κ1) is 22.1. The van der Waals surface area contributed by atoms with E-state index < -0.39 is 0 Å². The number of rotatable bonds is 9. The topological polar surface area (TPSA) is 79.4 Å². The Hall–Kier alpha value is -4.13. The Bertz CT molecular complexity index is 1220. The van der Waals surface area contributed by atoms with Crippen molar-refractivity contribution in [3.8, 4) is 17.2 Å². The van der Waals surface area contributed by atoms with Crippen LogP contribution in [0.3, 0.4) is 0 Å². The normalized spacial score (nSPS) is 11.1. The third-order valence-corrected chi connectivity index (χ3v) is 4.91. The molecule has 0 fully saturated rings. The van der Waals surface area contributed by atoms with E-state index in [1.807, 2.05) is 72.4 Å². The zero-order chi connectivity index (χ0) is 23.0. The van der Waals surface area contributed by atoms with Gasteiger partial charge in [-0.15, -0.1) is 0 Å². The lowest BCUT2D eigenvalue weighted by Gasteiger charge is -2.06.